The molecule has 0 spiro atoms. The minimum Gasteiger partial charge on any atom is -0.383 e. The zero-order valence-corrected chi connectivity index (χ0v) is 14.5. The van der Waals surface area contributed by atoms with Crippen LogP contribution < -0.4 is 16.0 Å². The number of methoxy groups -OCH3 is 1. The van der Waals surface area contributed by atoms with Gasteiger partial charge in [0.25, 0.3) is 5.91 Å². The Labute approximate surface area is 147 Å². The fraction of sp³-hybridized carbons (Fsp3) is 0.263. The Hall–Kier alpha value is -2.86. The van der Waals surface area contributed by atoms with Gasteiger partial charge in [0.2, 0.25) is 5.91 Å². The Bertz CT molecular complexity index is 714. The number of ether oxygens (including phenoxy) is 1. The summed E-state index contributed by atoms with van der Waals surface area (Å²) in [6.07, 6.45) is 0. The van der Waals surface area contributed by atoms with E-state index in [1.165, 1.54) is 0 Å². The molecule has 0 heterocycles. The minimum atomic E-state index is -0.176. The highest BCUT2D eigenvalue weighted by Gasteiger charge is 2.07. The molecule has 132 valence electrons. The third-order valence-corrected chi connectivity index (χ3v) is 3.50. The van der Waals surface area contributed by atoms with Crippen LogP contribution in [-0.4, -0.2) is 38.6 Å². The third kappa shape index (κ3) is 6.27. The number of carbonyl (C=O) groups is 2. The van der Waals surface area contributed by atoms with E-state index in [0.29, 0.717) is 24.4 Å². The van der Waals surface area contributed by atoms with Gasteiger partial charge in [-0.1, -0.05) is 23.8 Å². The molecule has 0 aliphatic carbocycles. The first-order chi connectivity index (χ1) is 12.1. The Balaban J connectivity index is 1.85. The number of aryl methyl sites for hydroxylation is 1. The van der Waals surface area contributed by atoms with Crippen molar-refractivity contribution < 1.29 is 14.3 Å². The van der Waals surface area contributed by atoms with Gasteiger partial charge in [0.15, 0.2) is 0 Å². The number of hydrogen-bond acceptors (Lipinski definition) is 4. The molecule has 2 aromatic rings. The molecule has 2 amide bonds. The van der Waals surface area contributed by atoms with Crippen LogP contribution >= 0.6 is 0 Å². The smallest absolute Gasteiger partial charge is 0.251 e. The second kappa shape index (κ2) is 9.44. The van der Waals surface area contributed by atoms with Gasteiger partial charge in [0, 0.05) is 30.6 Å². The van der Waals surface area contributed by atoms with Crippen LogP contribution in [0.15, 0.2) is 48.5 Å². The first-order valence-electron chi connectivity index (χ1n) is 8.06. The van der Waals surface area contributed by atoms with Gasteiger partial charge in [-0.15, -0.1) is 0 Å². The Morgan fingerprint density at radius 3 is 2.52 bits per heavy atom. The van der Waals surface area contributed by atoms with E-state index >= 15 is 0 Å². The van der Waals surface area contributed by atoms with Gasteiger partial charge in [0.05, 0.1) is 13.2 Å². The summed E-state index contributed by atoms with van der Waals surface area (Å²) in [6, 6.07) is 14.6. The summed E-state index contributed by atoms with van der Waals surface area (Å²) >= 11 is 0. The monoisotopic (exact) mass is 341 g/mol. The Morgan fingerprint density at radius 2 is 1.80 bits per heavy atom. The predicted octanol–water partition coefficient (Wildman–Crippen LogP) is 2.42. The highest BCUT2D eigenvalue weighted by Crippen LogP contribution is 2.11. The molecule has 0 saturated carbocycles. The lowest BCUT2D eigenvalue weighted by Crippen LogP contribution is -2.27. The van der Waals surface area contributed by atoms with Gasteiger partial charge >= 0.3 is 0 Å². The van der Waals surface area contributed by atoms with E-state index in [-0.39, 0.29) is 18.4 Å². The first kappa shape index (κ1) is 18.5. The zero-order valence-electron chi connectivity index (χ0n) is 14.5. The van der Waals surface area contributed by atoms with E-state index in [1.807, 2.05) is 37.3 Å². The Morgan fingerprint density at radius 1 is 1.04 bits per heavy atom. The van der Waals surface area contributed by atoms with Crippen LogP contribution in [0.25, 0.3) is 0 Å². The molecule has 0 radical (unpaired) electrons. The van der Waals surface area contributed by atoms with Gasteiger partial charge < -0.3 is 20.7 Å². The molecular formula is C19H23N3O3. The number of anilines is 2. The van der Waals surface area contributed by atoms with Crippen LogP contribution in [0.3, 0.4) is 0 Å². The predicted molar refractivity (Wildman–Crippen MR) is 98.9 cm³/mol. The van der Waals surface area contributed by atoms with Crippen molar-refractivity contribution in [3.63, 3.8) is 0 Å². The molecule has 0 aromatic heterocycles. The summed E-state index contributed by atoms with van der Waals surface area (Å²) in [5.41, 5.74) is 3.12. The summed E-state index contributed by atoms with van der Waals surface area (Å²) in [7, 11) is 1.58. The van der Waals surface area contributed by atoms with Crippen molar-refractivity contribution in [3.8, 4) is 0 Å². The van der Waals surface area contributed by atoms with Gasteiger partial charge in [0.1, 0.15) is 0 Å². The van der Waals surface area contributed by atoms with Gasteiger partial charge in [-0.3, -0.25) is 9.59 Å². The maximum absolute atomic E-state index is 12.0. The molecule has 0 unspecified atom stereocenters. The van der Waals surface area contributed by atoms with E-state index in [0.717, 1.165) is 11.3 Å². The van der Waals surface area contributed by atoms with E-state index in [4.69, 9.17) is 4.74 Å². The average molecular weight is 341 g/mol. The summed E-state index contributed by atoms with van der Waals surface area (Å²) < 4.78 is 4.90. The molecule has 0 atom stereocenters. The van der Waals surface area contributed by atoms with Crippen molar-refractivity contribution in [2.45, 2.75) is 6.92 Å². The second-order valence-electron chi connectivity index (χ2n) is 5.60. The quantitative estimate of drug-likeness (QED) is 0.644. The van der Waals surface area contributed by atoms with E-state index < -0.39 is 0 Å². The zero-order chi connectivity index (χ0) is 18.1. The van der Waals surface area contributed by atoms with Gasteiger partial charge in [-0.05, 0) is 37.3 Å². The lowest BCUT2D eigenvalue weighted by Gasteiger charge is -2.10. The second-order valence-corrected chi connectivity index (χ2v) is 5.60. The fourth-order valence-electron chi connectivity index (χ4n) is 2.16. The number of rotatable bonds is 8. The molecule has 2 aromatic carbocycles. The highest BCUT2D eigenvalue weighted by molar-refractivity contribution is 5.96. The summed E-state index contributed by atoms with van der Waals surface area (Å²) in [5.74, 6) is -0.330. The molecular weight excluding hydrogens is 318 g/mol. The maximum atomic E-state index is 12.0. The third-order valence-electron chi connectivity index (χ3n) is 3.50. The SMILES string of the molecule is COCCNC(=O)c1cccc(NCC(=O)Nc2ccc(C)cc2)c1. The maximum Gasteiger partial charge on any atom is 0.251 e. The molecule has 0 fully saturated rings. The summed E-state index contributed by atoms with van der Waals surface area (Å²) in [5, 5.41) is 8.60. The number of amides is 2. The number of hydrogen-bond donors (Lipinski definition) is 3. The molecule has 0 bridgehead atoms. The van der Waals surface area contributed by atoms with Crippen LogP contribution in [0.1, 0.15) is 15.9 Å². The van der Waals surface area contributed by atoms with Crippen molar-refractivity contribution in [1.82, 2.24) is 5.32 Å². The topological polar surface area (TPSA) is 79.5 Å². The molecule has 3 N–H and O–H groups in total. The van der Waals surface area contributed by atoms with Crippen molar-refractivity contribution in [2.75, 3.05) is 37.4 Å². The van der Waals surface area contributed by atoms with Crippen molar-refractivity contribution in [1.29, 1.82) is 0 Å². The fourth-order valence-corrected chi connectivity index (χ4v) is 2.16. The van der Waals surface area contributed by atoms with E-state index in [2.05, 4.69) is 16.0 Å². The average Bonchev–Trinajstić information content (AvgIpc) is 2.62. The summed E-state index contributed by atoms with van der Waals surface area (Å²) in [4.78, 5) is 24.0. The molecule has 0 aliphatic rings. The molecule has 0 aliphatic heterocycles. The van der Waals surface area contributed by atoms with Crippen LogP contribution in [0.5, 0.6) is 0 Å². The Kier molecular flexibility index (Phi) is 6.98. The standard InChI is InChI=1S/C19H23N3O3/c1-14-6-8-16(9-7-14)22-18(23)13-21-17-5-3-4-15(12-17)19(24)20-10-11-25-2/h3-9,12,21H,10-11,13H2,1-2H3,(H,20,24)(H,22,23). The number of benzene rings is 2. The molecule has 25 heavy (non-hydrogen) atoms. The lowest BCUT2D eigenvalue weighted by molar-refractivity contribution is -0.114. The minimum absolute atomic E-state index is 0.114. The van der Waals surface area contributed by atoms with E-state index in [9.17, 15) is 9.59 Å². The van der Waals surface area contributed by atoms with Crippen LogP contribution in [-0.2, 0) is 9.53 Å². The van der Waals surface area contributed by atoms with E-state index in [1.54, 1.807) is 25.3 Å². The normalized spacial score (nSPS) is 10.2. The first-order valence-corrected chi connectivity index (χ1v) is 8.06. The van der Waals surface area contributed by atoms with Crippen LogP contribution in [0, 0.1) is 6.92 Å². The van der Waals surface area contributed by atoms with Crippen molar-refractivity contribution >= 4 is 23.2 Å². The van der Waals surface area contributed by atoms with Crippen molar-refractivity contribution in [3.05, 3.63) is 59.7 Å². The molecule has 6 heteroatoms. The molecule has 6 nitrogen and oxygen atoms in total. The molecule has 2 rings (SSSR count). The van der Waals surface area contributed by atoms with Crippen molar-refractivity contribution in [2.24, 2.45) is 0 Å². The van der Waals surface area contributed by atoms with Crippen LogP contribution in [0.2, 0.25) is 0 Å². The van der Waals surface area contributed by atoms with Gasteiger partial charge in [-0.25, -0.2) is 0 Å². The number of carbonyl (C=O) groups excluding carboxylic acids is 2. The highest BCUT2D eigenvalue weighted by atomic mass is 16.5. The number of nitrogens with one attached hydrogen (secondary N) is 3. The van der Waals surface area contributed by atoms with Gasteiger partial charge in [-0.2, -0.15) is 0 Å². The largest absolute Gasteiger partial charge is 0.383 e. The lowest BCUT2D eigenvalue weighted by atomic mass is 10.2. The molecule has 0 saturated heterocycles. The van der Waals surface area contributed by atoms with Crippen LogP contribution in [0.4, 0.5) is 11.4 Å². The summed E-state index contributed by atoms with van der Waals surface area (Å²) in [6.45, 7) is 3.02.